The number of para-hydroxylation sites is 1. The van der Waals surface area contributed by atoms with E-state index >= 15 is 0 Å². The number of benzene rings is 2. The van der Waals surface area contributed by atoms with Gasteiger partial charge in [-0.15, -0.1) is 0 Å². The Morgan fingerprint density at radius 3 is 2.88 bits per heavy atom. The molecule has 0 fully saturated rings. The minimum absolute atomic E-state index is 0.119. The first kappa shape index (κ1) is 16.4. The summed E-state index contributed by atoms with van der Waals surface area (Å²) in [4.78, 5) is 31.3. The molecule has 0 atom stereocenters. The van der Waals surface area contributed by atoms with E-state index in [0.717, 1.165) is 15.7 Å². The summed E-state index contributed by atoms with van der Waals surface area (Å²) in [5, 5.41) is 3.44. The standard InChI is InChI=1S/C18H16BrN3O2/c1-11-6-7-12(19)10-15(11)21-17(23)9-8-16-20-14-5-3-2-4-13(14)18(24)22-16/h2-7,10H,8-9H2,1H3,(H,21,23)(H,20,22,24). The number of nitrogens with one attached hydrogen (secondary N) is 2. The zero-order valence-corrected chi connectivity index (χ0v) is 14.7. The van der Waals surface area contributed by atoms with Gasteiger partial charge in [-0.2, -0.15) is 0 Å². The summed E-state index contributed by atoms with van der Waals surface area (Å²) < 4.78 is 0.906. The Kier molecular flexibility index (Phi) is 4.76. The molecular formula is C18H16BrN3O2. The quantitative estimate of drug-likeness (QED) is 0.720. The number of halogens is 1. The maximum atomic E-state index is 12.2. The lowest BCUT2D eigenvalue weighted by Crippen LogP contribution is -2.16. The van der Waals surface area contributed by atoms with Gasteiger partial charge in [0.25, 0.3) is 5.56 Å². The number of hydrogen-bond donors (Lipinski definition) is 2. The lowest BCUT2D eigenvalue weighted by Gasteiger charge is -2.09. The summed E-state index contributed by atoms with van der Waals surface area (Å²) in [5.74, 6) is 0.395. The van der Waals surface area contributed by atoms with Crippen molar-refractivity contribution in [3.63, 3.8) is 0 Å². The minimum Gasteiger partial charge on any atom is -0.326 e. The molecule has 0 radical (unpaired) electrons. The molecular weight excluding hydrogens is 370 g/mol. The number of anilines is 1. The average Bonchev–Trinajstić information content (AvgIpc) is 2.56. The molecule has 3 aromatic rings. The van der Waals surface area contributed by atoms with Crippen molar-refractivity contribution in [3.8, 4) is 0 Å². The number of aryl methyl sites for hydroxylation is 2. The summed E-state index contributed by atoms with van der Waals surface area (Å²) in [6, 6.07) is 12.9. The van der Waals surface area contributed by atoms with Gasteiger partial charge in [-0.25, -0.2) is 4.98 Å². The van der Waals surface area contributed by atoms with E-state index in [-0.39, 0.29) is 17.9 Å². The van der Waals surface area contributed by atoms with Crippen LogP contribution in [0.4, 0.5) is 5.69 Å². The number of carbonyl (C=O) groups excluding carboxylic acids is 1. The summed E-state index contributed by atoms with van der Waals surface area (Å²) in [7, 11) is 0. The predicted molar refractivity (Wildman–Crippen MR) is 98.2 cm³/mol. The van der Waals surface area contributed by atoms with Crippen LogP contribution in [0.15, 0.2) is 51.7 Å². The maximum Gasteiger partial charge on any atom is 0.258 e. The van der Waals surface area contributed by atoms with Crippen LogP contribution in [0.5, 0.6) is 0 Å². The highest BCUT2D eigenvalue weighted by molar-refractivity contribution is 9.10. The highest BCUT2D eigenvalue weighted by Gasteiger charge is 2.08. The van der Waals surface area contributed by atoms with Gasteiger partial charge in [-0.3, -0.25) is 9.59 Å². The molecule has 24 heavy (non-hydrogen) atoms. The Labute approximate surface area is 147 Å². The predicted octanol–water partition coefficient (Wildman–Crippen LogP) is 3.57. The molecule has 0 aliphatic rings. The van der Waals surface area contributed by atoms with Crippen molar-refractivity contribution in [2.45, 2.75) is 19.8 Å². The van der Waals surface area contributed by atoms with Crippen molar-refractivity contribution in [1.82, 2.24) is 9.97 Å². The van der Waals surface area contributed by atoms with Crippen LogP contribution >= 0.6 is 15.9 Å². The van der Waals surface area contributed by atoms with Crippen molar-refractivity contribution in [3.05, 3.63) is 68.7 Å². The van der Waals surface area contributed by atoms with E-state index in [4.69, 9.17) is 0 Å². The third-order valence-corrected chi connectivity index (χ3v) is 4.22. The number of aromatic nitrogens is 2. The van der Waals surface area contributed by atoms with Crippen LogP contribution in [-0.2, 0) is 11.2 Å². The van der Waals surface area contributed by atoms with Crippen LogP contribution in [0.1, 0.15) is 17.8 Å². The van der Waals surface area contributed by atoms with Crippen LogP contribution < -0.4 is 10.9 Å². The van der Waals surface area contributed by atoms with E-state index in [9.17, 15) is 9.59 Å². The van der Waals surface area contributed by atoms with Crippen LogP contribution in [0.25, 0.3) is 10.9 Å². The molecule has 6 heteroatoms. The first-order valence-corrected chi connectivity index (χ1v) is 8.36. The number of fused-ring (bicyclic) bond motifs is 1. The van der Waals surface area contributed by atoms with Crippen LogP contribution in [0.3, 0.4) is 0 Å². The zero-order valence-electron chi connectivity index (χ0n) is 13.1. The zero-order chi connectivity index (χ0) is 17.1. The topological polar surface area (TPSA) is 74.8 Å². The smallest absolute Gasteiger partial charge is 0.258 e. The van der Waals surface area contributed by atoms with E-state index in [1.54, 1.807) is 18.2 Å². The van der Waals surface area contributed by atoms with Crippen molar-refractivity contribution < 1.29 is 4.79 Å². The number of hydrogen-bond acceptors (Lipinski definition) is 3. The molecule has 5 nitrogen and oxygen atoms in total. The maximum absolute atomic E-state index is 12.2. The van der Waals surface area contributed by atoms with Crippen LogP contribution in [-0.4, -0.2) is 15.9 Å². The van der Waals surface area contributed by atoms with E-state index in [1.165, 1.54) is 0 Å². The highest BCUT2D eigenvalue weighted by Crippen LogP contribution is 2.20. The molecule has 0 unspecified atom stereocenters. The lowest BCUT2D eigenvalue weighted by molar-refractivity contribution is -0.116. The van der Waals surface area contributed by atoms with Crippen LogP contribution in [0.2, 0.25) is 0 Å². The van der Waals surface area contributed by atoms with Crippen molar-refractivity contribution in [1.29, 1.82) is 0 Å². The molecule has 0 spiro atoms. The van der Waals surface area contributed by atoms with Gasteiger partial charge >= 0.3 is 0 Å². The average molecular weight is 386 g/mol. The summed E-state index contributed by atoms with van der Waals surface area (Å²) >= 11 is 3.39. The molecule has 1 amide bonds. The Balaban J connectivity index is 1.70. The van der Waals surface area contributed by atoms with Gasteiger partial charge in [0.2, 0.25) is 5.91 Å². The molecule has 2 N–H and O–H groups in total. The fraction of sp³-hybridized carbons (Fsp3) is 0.167. The Morgan fingerprint density at radius 1 is 1.25 bits per heavy atom. The first-order valence-electron chi connectivity index (χ1n) is 7.57. The molecule has 1 heterocycles. The fourth-order valence-corrected chi connectivity index (χ4v) is 2.79. The van der Waals surface area contributed by atoms with E-state index in [1.807, 2.05) is 31.2 Å². The molecule has 2 aromatic carbocycles. The molecule has 1 aromatic heterocycles. The van der Waals surface area contributed by atoms with Gasteiger partial charge in [-0.05, 0) is 36.8 Å². The third kappa shape index (κ3) is 3.71. The molecule has 122 valence electrons. The number of rotatable bonds is 4. The van der Waals surface area contributed by atoms with E-state index in [0.29, 0.717) is 23.1 Å². The summed E-state index contributed by atoms with van der Waals surface area (Å²) in [5.41, 5.74) is 2.22. The molecule has 0 aliphatic heterocycles. The van der Waals surface area contributed by atoms with Gasteiger partial charge in [0, 0.05) is 23.0 Å². The second kappa shape index (κ2) is 6.97. The number of aromatic amines is 1. The second-order valence-electron chi connectivity index (χ2n) is 5.54. The van der Waals surface area contributed by atoms with Gasteiger partial charge in [0.15, 0.2) is 0 Å². The van der Waals surface area contributed by atoms with E-state index in [2.05, 4.69) is 31.2 Å². The summed E-state index contributed by atoms with van der Waals surface area (Å²) in [6.07, 6.45) is 0.617. The van der Waals surface area contributed by atoms with Gasteiger partial charge in [-0.1, -0.05) is 34.1 Å². The van der Waals surface area contributed by atoms with Crippen molar-refractivity contribution in [2.24, 2.45) is 0 Å². The largest absolute Gasteiger partial charge is 0.326 e. The first-order chi connectivity index (χ1) is 11.5. The monoisotopic (exact) mass is 385 g/mol. The van der Waals surface area contributed by atoms with E-state index < -0.39 is 0 Å². The Morgan fingerprint density at radius 2 is 2.04 bits per heavy atom. The number of amides is 1. The molecule has 0 saturated carbocycles. The number of carbonyl (C=O) groups is 1. The lowest BCUT2D eigenvalue weighted by atomic mass is 10.2. The minimum atomic E-state index is -0.182. The normalized spacial score (nSPS) is 10.8. The van der Waals surface area contributed by atoms with Crippen molar-refractivity contribution >= 4 is 38.4 Å². The third-order valence-electron chi connectivity index (χ3n) is 3.72. The van der Waals surface area contributed by atoms with Crippen LogP contribution in [0, 0.1) is 6.92 Å². The number of nitrogens with zero attached hydrogens (tertiary/aromatic N) is 1. The fourth-order valence-electron chi connectivity index (χ4n) is 2.43. The molecule has 3 rings (SSSR count). The Bertz CT molecular complexity index is 966. The highest BCUT2D eigenvalue weighted by atomic mass is 79.9. The number of H-pyrrole nitrogens is 1. The second-order valence-corrected chi connectivity index (χ2v) is 6.45. The van der Waals surface area contributed by atoms with Gasteiger partial charge < -0.3 is 10.3 Å². The van der Waals surface area contributed by atoms with Gasteiger partial charge in [0.05, 0.1) is 10.9 Å². The molecule has 0 saturated heterocycles. The Hall–Kier alpha value is -2.47. The van der Waals surface area contributed by atoms with Gasteiger partial charge in [0.1, 0.15) is 5.82 Å². The SMILES string of the molecule is Cc1ccc(Br)cc1NC(=O)CCc1nc2ccccc2c(=O)[nH]1. The van der Waals surface area contributed by atoms with Crippen molar-refractivity contribution in [2.75, 3.05) is 5.32 Å². The molecule has 0 bridgehead atoms. The molecule has 0 aliphatic carbocycles. The summed E-state index contributed by atoms with van der Waals surface area (Å²) in [6.45, 7) is 1.93.